The highest BCUT2D eigenvalue weighted by Gasteiger charge is 2.33. The number of fused-ring (bicyclic) bond motifs is 1. The van der Waals surface area contributed by atoms with Gasteiger partial charge in [0.15, 0.2) is 11.5 Å². The SMILES string of the molecule is COC(=O)C1=C(C)c2c(O)c(OC)cc(C)c2[C@@H](c2ccccc2)C1. The van der Waals surface area contributed by atoms with Gasteiger partial charge in [0.2, 0.25) is 0 Å². The van der Waals surface area contributed by atoms with E-state index in [1.807, 2.05) is 50.2 Å². The van der Waals surface area contributed by atoms with Crippen LogP contribution in [0, 0.1) is 6.92 Å². The molecule has 2 aromatic carbocycles. The number of methoxy groups -OCH3 is 2. The lowest BCUT2D eigenvalue weighted by molar-refractivity contribution is -0.136. The molecule has 3 rings (SSSR count). The van der Waals surface area contributed by atoms with Crippen LogP contribution in [0.15, 0.2) is 42.0 Å². The van der Waals surface area contributed by atoms with Crippen LogP contribution in [-0.2, 0) is 9.53 Å². The maximum Gasteiger partial charge on any atom is 0.334 e. The summed E-state index contributed by atoms with van der Waals surface area (Å²) >= 11 is 0. The van der Waals surface area contributed by atoms with E-state index in [0.717, 1.165) is 22.3 Å². The highest BCUT2D eigenvalue weighted by Crippen LogP contribution is 2.49. The van der Waals surface area contributed by atoms with Gasteiger partial charge in [-0.3, -0.25) is 0 Å². The third kappa shape index (κ3) is 2.78. The summed E-state index contributed by atoms with van der Waals surface area (Å²) in [6, 6.07) is 11.9. The van der Waals surface area contributed by atoms with Gasteiger partial charge in [0.1, 0.15) is 0 Å². The number of benzene rings is 2. The number of aromatic hydroxyl groups is 1. The first-order chi connectivity index (χ1) is 12.0. The quantitative estimate of drug-likeness (QED) is 0.853. The molecule has 1 N–H and O–H groups in total. The van der Waals surface area contributed by atoms with Crippen molar-refractivity contribution in [2.24, 2.45) is 0 Å². The van der Waals surface area contributed by atoms with E-state index in [1.54, 1.807) is 0 Å². The first kappa shape index (κ1) is 17.1. The first-order valence-corrected chi connectivity index (χ1v) is 8.23. The molecular weight excluding hydrogens is 316 g/mol. The largest absolute Gasteiger partial charge is 0.504 e. The Bertz CT molecular complexity index is 850. The van der Waals surface area contributed by atoms with Gasteiger partial charge in [0.05, 0.1) is 14.2 Å². The van der Waals surface area contributed by atoms with Crippen LogP contribution in [0.2, 0.25) is 0 Å². The van der Waals surface area contributed by atoms with Gasteiger partial charge in [0.25, 0.3) is 0 Å². The molecule has 0 spiro atoms. The average Bonchev–Trinajstić information content (AvgIpc) is 2.64. The molecule has 4 nitrogen and oxygen atoms in total. The molecule has 4 heteroatoms. The smallest absolute Gasteiger partial charge is 0.334 e. The molecule has 0 radical (unpaired) electrons. The number of phenolic OH excluding ortho intramolecular Hbond substituents is 1. The predicted molar refractivity (Wildman–Crippen MR) is 96.9 cm³/mol. The number of carbonyl (C=O) groups is 1. The second kappa shape index (κ2) is 6.63. The fourth-order valence-electron chi connectivity index (χ4n) is 3.71. The molecule has 1 atom stereocenters. The van der Waals surface area contributed by atoms with E-state index in [9.17, 15) is 9.90 Å². The summed E-state index contributed by atoms with van der Waals surface area (Å²) in [5.74, 6) is 0.103. The molecule has 1 aliphatic rings. The summed E-state index contributed by atoms with van der Waals surface area (Å²) in [5, 5.41) is 10.8. The fraction of sp³-hybridized carbons (Fsp3) is 0.286. The molecule has 0 amide bonds. The van der Waals surface area contributed by atoms with Gasteiger partial charge in [0, 0.05) is 17.1 Å². The van der Waals surface area contributed by atoms with Crippen molar-refractivity contribution in [3.63, 3.8) is 0 Å². The Morgan fingerprint density at radius 2 is 1.84 bits per heavy atom. The number of rotatable bonds is 3. The van der Waals surface area contributed by atoms with Crippen molar-refractivity contribution in [3.8, 4) is 11.5 Å². The third-order valence-electron chi connectivity index (χ3n) is 4.95. The van der Waals surface area contributed by atoms with E-state index in [-0.39, 0.29) is 17.6 Å². The zero-order valence-electron chi connectivity index (χ0n) is 14.9. The summed E-state index contributed by atoms with van der Waals surface area (Å²) in [5.41, 5.74) is 5.18. The molecule has 0 saturated heterocycles. The Hall–Kier alpha value is -2.75. The topological polar surface area (TPSA) is 55.8 Å². The van der Waals surface area contributed by atoms with Crippen molar-refractivity contribution in [2.45, 2.75) is 26.2 Å². The van der Waals surface area contributed by atoms with E-state index >= 15 is 0 Å². The Morgan fingerprint density at radius 1 is 1.16 bits per heavy atom. The number of allylic oxidation sites excluding steroid dienone is 1. The van der Waals surface area contributed by atoms with E-state index in [1.165, 1.54) is 14.2 Å². The van der Waals surface area contributed by atoms with Crippen LogP contribution in [-0.4, -0.2) is 25.3 Å². The number of ether oxygens (including phenoxy) is 2. The minimum Gasteiger partial charge on any atom is -0.504 e. The van der Waals surface area contributed by atoms with Crippen molar-refractivity contribution in [1.82, 2.24) is 0 Å². The number of phenols is 1. The Kier molecular flexibility index (Phi) is 4.53. The molecule has 1 aliphatic carbocycles. The van der Waals surface area contributed by atoms with Crippen molar-refractivity contribution in [2.75, 3.05) is 14.2 Å². The molecule has 0 saturated carbocycles. The van der Waals surface area contributed by atoms with Gasteiger partial charge < -0.3 is 14.6 Å². The number of aryl methyl sites for hydroxylation is 1. The predicted octanol–water partition coefficient (Wildman–Crippen LogP) is 4.19. The molecule has 0 fully saturated rings. The summed E-state index contributed by atoms with van der Waals surface area (Å²) in [6.45, 7) is 3.86. The highest BCUT2D eigenvalue weighted by molar-refractivity contribution is 6.00. The molecule has 0 aromatic heterocycles. The maximum atomic E-state index is 12.3. The van der Waals surface area contributed by atoms with Gasteiger partial charge >= 0.3 is 5.97 Å². The van der Waals surface area contributed by atoms with Crippen LogP contribution in [0.5, 0.6) is 11.5 Å². The Morgan fingerprint density at radius 3 is 2.44 bits per heavy atom. The fourth-order valence-corrected chi connectivity index (χ4v) is 3.71. The van der Waals surface area contributed by atoms with Gasteiger partial charge in [-0.2, -0.15) is 0 Å². The minimum absolute atomic E-state index is 0.0224. The average molecular weight is 338 g/mol. The maximum absolute atomic E-state index is 12.3. The van der Waals surface area contributed by atoms with Crippen molar-refractivity contribution in [3.05, 3.63) is 64.2 Å². The lowest BCUT2D eigenvalue weighted by Crippen LogP contribution is -2.19. The zero-order chi connectivity index (χ0) is 18.1. The van der Waals surface area contributed by atoms with Crippen molar-refractivity contribution in [1.29, 1.82) is 0 Å². The third-order valence-corrected chi connectivity index (χ3v) is 4.95. The summed E-state index contributed by atoms with van der Waals surface area (Å²) in [4.78, 5) is 12.3. The van der Waals surface area contributed by atoms with Crippen molar-refractivity contribution >= 4 is 11.5 Å². The van der Waals surface area contributed by atoms with E-state index in [0.29, 0.717) is 23.3 Å². The normalized spacial score (nSPS) is 16.4. The highest BCUT2D eigenvalue weighted by atomic mass is 16.5. The van der Waals surface area contributed by atoms with Crippen molar-refractivity contribution < 1.29 is 19.4 Å². The molecule has 25 heavy (non-hydrogen) atoms. The monoisotopic (exact) mass is 338 g/mol. The molecule has 0 bridgehead atoms. The van der Waals surface area contributed by atoms with Gasteiger partial charge in [-0.25, -0.2) is 4.79 Å². The lowest BCUT2D eigenvalue weighted by Gasteiger charge is -2.31. The standard InChI is InChI=1S/C21H22O4/c1-12-10-17(24-3)20(22)19-13(2)15(21(23)25-4)11-16(18(12)19)14-8-6-5-7-9-14/h5-10,16,22H,11H2,1-4H3/t16-/m1/s1. The first-order valence-electron chi connectivity index (χ1n) is 8.23. The second-order valence-corrected chi connectivity index (χ2v) is 6.30. The van der Waals surface area contributed by atoms with Crippen LogP contribution in [0.4, 0.5) is 0 Å². The molecule has 130 valence electrons. The van der Waals surface area contributed by atoms with Crippen LogP contribution in [0.25, 0.3) is 5.57 Å². The zero-order valence-corrected chi connectivity index (χ0v) is 14.9. The minimum atomic E-state index is -0.357. The molecule has 0 unspecified atom stereocenters. The summed E-state index contributed by atoms with van der Waals surface area (Å²) in [7, 11) is 2.91. The molecule has 2 aromatic rings. The van der Waals surface area contributed by atoms with E-state index in [4.69, 9.17) is 9.47 Å². The van der Waals surface area contributed by atoms with Crippen LogP contribution in [0.3, 0.4) is 0 Å². The van der Waals surface area contributed by atoms with E-state index in [2.05, 4.69) is 0 Å². The number of carbonyl (C=O) groups excluding carboxylic acids is 1. The molecule has 0 aliphatic heterocycles. The van der Waals surface area contributed by atoms with Crippen LogP contribution < -0.4 is 4.74 Å². The Balaban J connectivity index is 2.32. The number of hydrogen-bond acceptors (Lipinski definition) is 4. The number of esters is 1. The lowest BCUT2D eigenvalue weighted by atomic mass is 9.74. The summed E-state index contributed by atoms with van der Waals surface area (Å²) < 4.78 is 10.3. The van der Waals surface area contributed by atoms with E-state index < -0.39 is 0 Å². The van der Waals surface area contributed by atoms with Gasteiger partial charge in [-0.1, -0.05) is 30.3 Å². The second-order valence-electron chi connectivity index (χ2n) is 6.30. The molecular formula is C21H22O4. The van der Waals surface area contributed by atoms with Gasteiger partial charge in [-0.05, 0) is 48.6 Å². The number of hydrogen-bond donors (Lipinski definition) is 1. The molecule has 0 heterocycles. The van der Waals surface area contributed by atoms with Crippen LogP contribution in [0.1, 0.15) is 41.5 Å². The Labute approximate surface area is 147 Å². The summed E-state index contributed by atoms with van der Waals surface area (Å²) in [6.07, 6.45) is 0.544. The van der Waals surface area contributed by atoms with Crippen LogP contribution >= 0.6 is 0 Å². The van der Waals surface area contributed by atoms with Gasteiger partial charge in [-0.15, -0.1) is 0 Å².